The summed E-state index contributed by atoms with van der Waals surface area (Å²) >= 11 is 0. The lowest BCUT2D eigenvalue weighted by Crippen LogP contribution is -2.39. The fourth-order valence-electron chi connectivity index (χ4n) is 2.71. The minimum atomic E-state index is -3.29. The third-order valence-electron chi connectivity index (χ3n) is 4.23. The quantitative estimate of drug-likeness (QED) is 0.722. The van der Waals surface area contributed by atoms with Crippen LogP contribution >= 0.6 is 0 Å². The van der Waals surface area contributed by atoms with E-state index in [9.17, 15) is 13.2 Å². The van der Waals surface area contributed by atoms with Crippen molar-refractivity contribution in [1.29, 1.82) is 0 Å². The van der Waals surface area contributed by atoms with Crippen molar-refractivity contribution in [3.05, 3.63) is 17.5 Å². The Morgan fingerprint density at radius 3 is 2.91 bits per heavy atom. The van der Waals surface area contributed by atoms with Gasteiger partial charge >= 0.3 is 0 Å². The Kier molecular flexibility index (Phi) is 4.69. The monoisotopic (exact) mass is 342 g/mol. The summed E-state index contributed by atoms with van der Waals surface area (Å²) in [6, 6.07) is 1.48. The lowest BCUT2D eigenvalue weighted by atomic mass is 10.2. The number of aromatic nitrogens is 1. The number of sulfonamides is 1. The van der Waals surface area contributed by atoms with Gasteiger partial charge in [-0.1, -0.05) is 5.16 Å². The molecule has 1 aromatic rings. The molecular weight excluding hydrogens is 320 g/mol. The van der Waals surface area contributed by atoms with Gasteiger partial charge in [0, 0.05) is 31.1 Å². The van der Waals surface area contributed by atoms with Crippen LogP contribution in [-0.4, -0.2) is 55.2 Å². The summed E-state index contributed by atoms with van der Waals surface area (Å²) in [6.07, 6.45) is 3.20. The summed E-state index contributed by atoms with van der Waals surface area (Å²) in [5.41, 5.74) is 5.62. The van der Waals surface area contributed by atoms with Gasteiger partial charge in [0.15, 0.2) is 5.69 Å². The number of carbonyl (C=O) groups excluding carboxylic acids is 1. The van der Waals surface area contributed by atoms with E-state index in [-0.39, 0.29) is 23.4 Å². The Hall–Kier alpha value is -1.45. The molecule has 1 aliphatic carbocycles. The molecule has 9 heteroatoms. The van der Waals surface area contributed by atoms with Crippen LogP contribution < -0.4 is 11.1 Å². The number of rotatable bonds is 7. The molecule has 0 radical (unpaired) electrons. The molecule has 2 heterocycles. The molecule has 1 atom stereocenters. The molecule has 2 fully saturated rings. The highest BCUT2D eigenvalue weighted by molar-refractivity contribution is 7.89. The van der Waals surface area contributed by atoms with Crippen molar-refractivity contribution in [2.75, 3.05) is 25.4 Å². The SMILES string of the molecule is NCCCS(=O)(=O)N1CCC(NC(=O)c2cc(C3CC3)on2)C1. The smallest absolute Gasteiger partial charge is 0.273 e. The number of hydrogen-bond acceptors (Lipinski definition) is 6. The van der Waals surface area contributed by atoms with E-state index in [1.165, 1.54) is 4.31 Å². The van der Waals surface area contributed by atoms with Crippen LogP contribution in [0.3, 0.4) is 0 Å². The molecule has 128 valence electrons. The second-order valence-corrected chi connectivity index (χ2v) is 8.25. The maximum Gasteiger partial charge on any atom is 0.273 e. The van der Waals surface area contributed by atoms with Gasteiger partial charge in [-0.25, -0.2) is 8.42 Å². The van der Waals surface area contributed by atoms with E-state index in [1.54, 1.807) is 6.07 Å². The van der Waals surface area contributed by atoms with Crippen LogP contribution in [0.5, 0.6) is 0 Å². The highest BCUT2D eigenvalue weighted by Crippen LogP contribution is 2.40. The number of hydrogen-bond donors (Lipinski definition) is 2. The maximum atomic E-state index is 12.2. The molecule has 1 unspecified atom stereocenters. The first-order valence-corrected chi connectivity index (χ1v) is 9.56. The second kappa shape index (κ2) is 6.58. The van der Waals surface area contributed by atoms with Gasteiger partial charge in [-0.05, 0) is 32.2 Å². The Morgan fingerprint density at radius 2 is 2.22 bits per heavy atom. The molecule has 1 aliphatic heterocycles. The van der Waals surface area contributed by atoms with E-state index in [2.05, 4.69) is 10.5 Å². The molecule has 1 amide bonds. The number of carbonyl (C=O) groups is 1. The molecule has 1 aromatic heterocycles. The Balaban J connectivity index is 1.53. The minimum Gasteiger partial charge on any atom is -0.360 e. The lowest BCUT2D eigenvalue weighted by molar-refractivity contribution is 0.0929. The van der Waals surface area contributed by atoms with Crippen molar-refractivity contribution >= 4 is 15.9 Å². The first-order valence-electron chi connectivity index (χ1n) is 7.95. The average molecular weight is 342 g/mol. The Labute approximate surface area is 135 Å². The molecule has 3 N–H and O–H groups in total. The first kappa shape index (κ1) is 16.4. The summed E-state index contributed by atoms with van der Waals surface area (Å²) in [6.45, 7) is 1.07. The lowest BCUT2D eigenvalue weighted by Gasteiger charge is -2.16. The maximum absolute atomic E-state index is 12.2. The third-order valence-corrected chi connectivity index (χ3v) is 6.15. The molecule has 8 nitrogen and oxygen atoms in total. The zero-order valence-corrected chi connectivity index (χ0v) is 13.7. The molecule has 1 saturated carbocycles. The van der Waals surface area contributed by atoms with Crippen LogP contribution in [0.25, 0.3) is 0 Å². The van der Waals surface area contributed by atoms with Gasteiger partial charge in [0.1, 0.15) is 5.76 Å². The van der Waals surface area contributed by atoms with Crippen molar-refractivity contribution in [2.45, 2.75) is 37.6 Å². The van der Waals surface area contributed by atoms with Crippen LogP contribution in [0.1, 0.15) is 47.8 Å². The molecule has 0 aromatic carbocycles. The topological polar surface area (TPSA) is 119 Å². The van der Waals surface area contributed by atoms with E-state index in [4.69, 9.17) is 10.3 Å². The van der Waals surface area contributed by atoms with Crippen molar-refractivity contribution < 1.29 is 17.7 Å². The predicted molar refractivity (Wildman–Crippen MR) is 83.4 cm³/mol. The number of nitrogens with two attached hydrogens (primary N) is 1. The first-order chi connectivity index (χ1) is 11.0. The van der Waals surface area contributed by atoms with Crippen molar-refractivity contribution in [1.82, 2.24) is 14.8 Å². The molecule has 2 aliphatic rings. The number of amides is 1. The van der Waals surface area contributed by atoms with Gasteiger partial charge in [0.05, 0.1) is 5.75 Å². The third kappa shape index (κ3) is 3.91. The van der Waals surface area contributed by atoms with Gasteiger partial charge in [0.2, 0.25) is 10.0 Å². The highest BCUT2D eigenvalue weighted by atomic mass is 32.2. The zero-order chi connectivity index (χ0) is 16.4. The molecule has 0 spiro atoms. The molecule has 0 bridgehead atoms. The number of nitrogens with zero attached hydrogens (tertiary/aromatic N) is 2. The van der Waals surface area contributed by atoms with Gasteiger partial charge < -0.3 is 15.6 Å². The zero-order valence-electron chi connectivity index (χ0n) is 12.9. The summed E-state index contributed by atoms with van der Waals surface area (Å²) < 4.78 is 30.8. The van der Waals surface area contributed by atoms with E-state index in [0.717, 1.165) is 18.6 Å². The molecule has 1 saturated heterocycles. The van der Waals surface area contributed by atoms with Crippen molar-refractivity contribution in [2.24, 2.45) is 5.73 Å². The van der Waals surface area contributed by atoms with Crippen LogP contribution in [-0.2, 0) is 10.0 Å². The van der Waals surface area contributed by atoms with E-state index < -0.39 is 10.0 Å². The van der Waals surface area contributed by atoms with E-state index >= 15 is 0 Å². The van der Waals surface area contributed by atoms with Gasteiger partial charge in [-0.2, -0.15) is 4.31 Å². The van der Waals surface area contributed by atoms with Crippen molar-refractivity contribution in [3.8, 4) is 0 Å². The standard InChI is InChI=1S/C14H22N4O4S/c15-5-1-7-23(20,21)18-6-4-11(9-18)16-14(19)12-8-13(22-17-12)10-2-3-10/h8,10-11H,1-7,9,15H2,(H,16,19). The Bertz CT molecular complexity index is 668. The summed E-state index contributed by atoms with van der Waals surface area (Å²) in [5, 5.41) is 6.63. The second-order valence-electron chi connectivity index (χ2n) is 6.16. The average Bonchev–Trinajstić information content (AvgIpc) is 3.06. The fourth-order valence-corrected chi connectivity index (χ4v) is 4.29. The largest absolute Gasteiger partial charge is 0.360 e. The van der Waals surface area contributed by atoms with Crippen LogP contribution in [0.2, 0.25) is 0 Å². The fraction of sp³-hybridized carbons (Fsp3) is 0.714. The van der Waals surface area contributed by atoms with Crippen molar-refractivity contribution in [3.63, 3.8) is 0 Å². The summed E-state index contributed by atoms with van der Waals surface area (Å²) in [4.78, 5) is 12.2. The normalized spacial score (nSPS) is 22.4. The van der Waals surface area contributed by atoms with Gasteiger partial charge in [0.25, 0.3) is 5.91 Å². The van der Waals surface area contributed by atoms with Crippen LogP contribution in [0.15, 0.2) is 10.6 Å². The summed E-state index contributed by atoms with van der Waals surface area (Å²) in [5.74, 6) is 0.899. The van der Waals surface area contributed by atoms with Gasteiger partial charge in [-0.15, -0.1) is 0 Å². The number of nitrogens with one attached hydrogen (secondary N) is 1. The van der Waals surface area contributed by atoms with Crippen LogP contribution in [0.4, 0.5) is 0 Å². The highest BCUT2D eigenvalue weighted by Gasteiger charge is 2.33. The molecular formula is C14H22N4O4S. The van der Waals surface area contributed by atoms with Crippen LogP contribution in [0, 0.1) is 0 Å². The van der Waals surface area contributed by atoms with E-state index in [1.807, 2.05) is 0 Å². The minimum absolute atomic E-state index is 0.0538. The molecule has 3 rings (SSSR count). The molecule has 23 heavy (non-hydrogen) atoms. The van der Waals surface area contributed by atoms with Gasteiger partial charge in [-0.3, -0.25) is 4.79 Å². The predicted octanol–water partition coefficient (Wildman–Crippen LogP) is 0.0347. The van der Waals surface area contributed by atoms with E-state index in [0.29, 0.717) is 38.4 Å². The Morgan fingerprint density at radius 1 is 1.43 bits per heavy atom. The summed E-state index contributed by atoms with van der Waals surface area (Å²) in [7, 11) is -3.29.